The van der Waals surface area contributed by atoms with Crippen LogP contribution in [0, 0.1) is 0 Å². The van der Waals surface area contributed by atoms with Crippen molar-refractivity contribution in [1.29, 1.82) is 0 Å². The number of amides is 2. The van der Waals surface area contributed by atoms with E-state index >= 15 is 0 Å². The molecule has 0 aromatic heterocycles. The van der Waals surface area contributed by atoms with Crippen molar-refractivity contribution in [3.63, 3.8) is 0 Å². The highest BCUT2D eigenvalue weighted by atomic mass is 16.2. The smallest absolute Gasteiger partial charge is 0.253 e. The molecule has 0 saturated carbocycles. The molecule has 1 N–H and O–H groups in total. The summed E-state index contributed by atoms with van der Waals surface area (Å²) in [6.45, 7) is 9.13. The van der Waals surface area contributed by atoms with E-state index in [9.17, 15) is 9.59 Å². The molecule has 0 unspecified atom stereocenters. The van der Waals surface area contributed by atoms with Crippen molar-refractivity contribution >= 4 is 11.8 Å². The quantitative estimate of drug-likeness (QED) is 0.796. The van der Waals surface area contributed by atoms with E-state index in [4.69, 9.17) is 0 Å². The number of nitrogens with zero attached hydrogens (tertiary/aromatic N) is 1. The first kappa shape index (κ1) is 15.0. The normalized spacial score (nSPS) is 9.79. The summed E-state index contributed by atoms with van der Waals surface area (Å²) in [5.41, 5.74) is 1.02. The maximum Gasteiger partial charge on any atom is 0.253 e. The summed E-state index contributed by atoms with van der Waals surface area (Å²) in [4.78, 5) is 25.7. The highest BCUT2D eigenvalue weighted by Crippen LogP contribution is 2.08. The molecular weight excluding hydrogens is 240 g/mol. The molecule has 0 aliphatic heterocycles. The van der Waals surface area contributed by atoms with Gasteiger partial charge in [-0.15, -0.1) is 6.58 Å². The van der Waals surface area contributed by atoms with E-state index in [1.165, 1.54) is 0 Å². The molecule has 0 spiro atoms. The Kier molecular flexibility index (Phi) is 5.79. The highest BCUT2D eigenvalue weighted by molar-refractivity contribution is 5.99. The predicted octanol–water partition coefficient (Wildman–Crippen LogP) is 2.08. The number of hydrogen-bond donors (Lipinski definition) is 1. The van der Waals surface area contributed by atoms with Crippen molar-refractivity contribution in [2.75, 3.05) is 19.6 Å². The zero-order chi connectivity index (χ0) is 14.3. The van der Waals surface area contributed by atoms with Gasteiger partial charge in [-0.2, -0.15) is 0 Å². The number of carbonyl (C=O) groups excluding carboxylic acids is 2. The van der Waals surface area contributed by atoms with Gasteiger partial charge in [0.05, 0.1) is 0 Å². The molecule has 19 heavy (non-hydrogen) atoms. The fourth-order valence-electron chi connectivity index (χ4n) is 1.75. The number of rotatable bonds is 6. The minimum atomic E-state index is -0.200. The second-order valence-electron chi connectivity index (χ2n) is 4.06. The third-order valence-corrected chi connectivity index (χ3v) is 2.83. The summed E-state index contributed by atoms with van der Waals surface area (Å²) >= 11 is 0. The monoisotopic (exact) mass is 260 g/mol. The largest absolute Gasteiger partial charge is 0.349 e. The van der Waals surface area contributed by atoms with Crippen LogP contribution in [0.25, 0.3) is 0 Å². The zero-order valence-electron chi connectivity index (χ0n) is 11.5. The standard InChI is InChI=1S/C15H20N2O2/c1-4-10-16-14(18)12-8-7-9-13(11-12)15(19)17(5-2)6-3/h4,7-9,11H,1,5-6,10H2,2-3H3,(H,16,18). The number of hydrogen-bond acceptors (Lipinski definition) is 2. The molecule has 0 saturated heterocycles. The Hall–Kier alpha value is -2.10. The molecule has 2 amide bonds. The molecule has 1 rings (SSSR count). The van der Waals surface area contributed by atoms with E-state index in [2.05, 4.69) is 11.9 Å². The van der Waals surface area contributed by atoms with Crippen LogP contribution in [0.4, 0.5) is 0 Å². The molecule has 4 heteroatoms. The fraction of sp³-hybridized carbons (Fsp3) is 0.333. The molecule has 1 aromatic rings. The lowest BCUT2D eigenvalue weighted by atomic mass is 10.1. The molecular formula is C15H20N2O2. The van der Waals surface area contributed by atoms with Crippen LogP contribution in [0.3, 0.4) is 0 Å². The van der Waals surface area contributed by atoms with Gasteiger partial charge in [0.2, 0.25) is 0 Å². The molecule has 1 aromatic carbocycles. The number of carbonyl (C=O) groups is 2. The zero-order valence-corrected chi connectivity index (χ0v) is 11.5. The molecule has 0 aliphatic rings. The summed E-state index contributed by atoms with van der Waals surface area (Å²) in [6, 6.07) is 6.76. The SMILES string of the molecule is C=CCNC(=O)c1cccc(C(=O)N(CC)CC)c1. The van der Waals surface area contributed by atoms with Crippen molar-refractivity contribution in [1.82, 2.24) is 10.2 Å². The first-order valence-corrected chi connectivity index (χ1v) is 6.42. The van der Waals surface area contributed by atoms with Gasteiger partial charge < -0.3 is 10.2 Å². The molecule has 0 heterocycles. The highest BCUT2D eigenvalue weighted by Gasteiger charge is 2.14. The maximum absolute atomic E-state index is 12.2. The minimum absolute atomic E-state index is 0.0524. The summed E-state index contributed by atoms with van der Waals surface area (Å²) in [6.07, 6.45) is 1.61. The Labute approximate surface area is 114 Å². The van der Waals surface area contributed by atoms with E-state index in [0.29, 0.717) is 30.8 Å². The molecule has 0 aliphatic carbocycles. The van der Waals surface area contributed by atoms with Gasteiger partial charge >= 0.3 is 0 Å². The van der Waals surface area contributed by atoms with Crippen LogP contribution < -0.4 is 5.32 Å². The van der Waals surface area contributed by atoms with Gasteiger partial charge in [0, 0.05) is 30.8 Å². The van der Waals surface area contributed by atoms with Crippen molar-refractivity contribution in [3.8, 4) is 0 Å². The molecule has 102 valence electrons. The summed E-state index contributed by atoms with van der Waals surface area (Å²) in [7, 11) is 0. The van der Waals surface area contributed by atoms with Crippen LogP contribution in [0.5, 0.6) is 0 Å². The minimum Gasteiger partial charge on any atom is -0.349 e. The summed E-state index contributed by atoms with van der Waals surface area (Å²) < 4.78 is 0. The average Bonchev–Trinajstić information content (AvgIpc) is 2.46. The first-order valence-electron chi connectivity index (χ1n) is 6.42. The molecule has 4 nitrogen and oxygen atoms in total. The van der Waals surface area contributed by atoms with Crippen LogP contribution in [0.15, 0.2) is 36.9 Å². The van der Waals surface area contributed by atoms with E-state index in [1.807, 2.05) is 13.8 Å². The van der Waals surface area contributed by atoms with E-state index in [1.54, 1.807) is 35.2 Å². The molecule has 0 atom stereocenters. The summed E-state index contributed by atoms with van der Waals surface area (Å²) in [5, 5.41) is 2.69. The lowest BCUT2D eigenvalue weighted by Crippen LogP contribution is -2.31. The van der Waals surface area contributed by atoms with Crippen LogP contribution in [-0.4, -0.2) is 36.3 Å². The van der Waals surface area contributed by atoms with Gasteiger partial charge in [0.25, 0.3) is 11.8 Å². The number of nitrogens with one attached hydrogen (secondary N) is 1. The Balaban J connectivity index is 2.90. The van der Waals surface area contributed by atoms with Gasteiger partial charge in [-0.3, -0.25) is 9.59 Å². The maximum atomic E-state index is 12.2. The van der Waals surface area contributed by atoms with Gasteiger partial charge in [-0.1, -0.05) is 12.1 Å². The van der Waals surface area contributed by atoms with E-state index in [0.717, 1.165) is 0 Å². The van der Waals surface area contributed by atoms with Crippen LogP contribution in [-0.2, 0) is 0 Å². The lowest BCUT2D eigenvalue weighted by Gasteiger charge is -2.18. The van der Waals surface area contributed by atoms with Crippen molar-refractivity contribution in [2.24, 2.45) is 0 Å². The Morgan fingerprint density at radius 2 is 1.89 bits per heavy atom. The second kappa shape index (κ2) is 7.36. The van der Waals surface area contributed by atoms with Gasteiger partial charge in [0.15, 0.2) is 0 Å². The Morgan fingerprint density at radius 3 is 2.47 bits per heavy atom. The summed E-state index contributed by atoms with van der Waals surface area (Å²) in [5.74, 6) is -0.252. The second-order valence-corrected chi connectivity index (χ2v) is 4.06. The predicted molar refractivity (Wildman–Crippen MR) is 76.2 cm³/mol. The number of benzene rings is 1. The van der Waals surface area contributed by atoms with Crippen LogP contribution in [0.2, 0.25) is 0 Å². The van der Waals surface area contributed by atoms with Crippen molar-refractivity contribution in [3.05, 3.63) is 48.0 Å². The van der Waals surface area contributed by atoms with Crippen molar-refractivity contribution < 1.29 is 9.59 Å². The average molecular weight is 260 g/mol. The third-order valence-electron chi connectivity index (χ3n) is 2.83. The third kappa shape index (κ3) is 3.95. The van der Waals surface area contributed by atoms with Crippen LogP contribution in [0.1, 0.15) is 34.6 Å². The van der Waals surface area contributed by atoms with Gasteiger partial charge in [-0.05, 0) is 32.0 Å². The first-order chi connectivity index (χ1) is 9.13. The van der Waals surface area contributed by atoms with Gasteiger partial charge in [0.1, 0.15) is 0 Å². The van der Waals surface area contributed by atoms with Crippen LogP contribution >= 0.6 is 0 Å². The molecule has 0 radical (unpaired) electrons. The van der Waals surface area contributed by atoms with E-state index in [-0.39, 0.29) is 11.8 Å². The van der Waals surface area contributed by atoms with E-state index < -0.39 is 0 Å². The topological polar surface area (TPSA) is 49.4 Å². The van der Waals surface area contributed by atoms with Gasteiger partial charge in [-0.25, -0.2) is 0 Å². The Morgan fingerprint density at radius 1 is 1.26 bits per heavy atom. The lowest BCUT2D eigenvalue weighted by molar-refractivity contribution is 0.0773. The molecule has 0 bridgehead atoms. The molecule has 0 fully saturated rings. The fourth-order valence-corrected chi connectivity index (χ4v) is 1.75. The Bertz CT molecular complexity index is 465. The van der Waals surface area contributed by atoms with Crippen molar-refractivity contribution in [2.45, 2.75) is 13.8 Å².